The van der Waals surface area contributed by atoms with Gasteiger partial charge < -0.3 is 10.1 Å². The third-order valence-corrected chi connectivity index (χ3v) is 1.81. The highest BCUT2D eigenvalue weighted by atomic mass is 16.6. The molecule has 0 aromatic carbocycles. The van der Waals surface area contributed by atoms with E-state index in [1.54, 1.807) is 6.07 Å². The number of carbonyl (C=O) groups is 2. The zero-order valence-electron chi connectivity index (χ0n) is 9.29. The first-order chi connectivity index (χ1) is 6.96. The largest absolute Gasteiger partial charge is 0.434 e. The third kappa shape index (κ3) is 4.45. The van der Waals surface area contributed by atoms with Crippen molar-refractivity contribution in [3.05, 3.63) is 0 Å². The number of nitriles is 1. The van der Waals surface area contributed by atoms with Crippen LogP contribution in [0.4, 0.5) is 0 Å². The molecule has 0 heterocycles. The van der Waals surface area contributed by atoms with E-state index >= 15 is 0 Å². The Kier molecular flexibility index (Phi) is 5.39. The van der Waals surface area contributed by atoms with Crippen LogP contribution in [0.1, 0.15) is 33.6 Å². The van der Waals surface area contributed by atoms with Gasteiger partial charge in [-0.15, -0.1) is 0 Å². The maximum absolute atomic E-state index is 11.5. The predicted molar refractivity (Wildman–Crippen MR) is 53.7 cm³/mol. The van der Waals surface area contributed by atoms with Crippen LogP contribution in [0.15, 0.2) is 0 Å². The number of esters is 1. The highest BCUT2D eigenvalue weighted by Crippen LogP contribution is 2.09. The molecule has 0 saturated carbocycles. The van der Waals surface area contributed by atoms with Crippen LogP contribution in [0.2, 0.25) is 0 Å². The van der Waals surface area contributed by atoms with Crippen LogP contribution in [-0.2, 0) is 14.3 Å². The van der Waals surface area contributed by atoms with E-state index in [0.29, 0.717) is 6.54 Å². The molecule has 0 radical (unpaired) electrons. The van der Waals surface area contributed by atoms with Crippen LogP contribution in [0, 0.1) is 11.3 Å². The lowest BCUT2D eigenvalue weighted by molar-refractivity contribution is -0.159. The van der Waals surface area contributed by atoms with Crippen LogP contribution >= 0.6 is 0 Å². The number of nitrogens with zero attached hydrogens (tertiary/aromatic N) is 1. The van der Waals surface area contributed by atoms with E-state index < -0.39 is 17.5 Å². The summed E-state index contributed by atoms with van der Waals surface area (Å²) in [5.74, 6) is -1.22. The molecule has 15 heavy (non-hydrogen) atoms. The Labute approximate surface area is 89.4 Å². The monoisotopic (exact) mass is 212 g/mol. The second kappa shape index (κ2) is 6.02. The first kappa shape index (κ1) is 13.4. The van der Waals surface area contributed by atoms with Crippen molar-refractivity contribution in [1.29, 1.82) is 5.26 Å². The van der Waals surface area contributed by atoms with E-state index in [1.807, 2.05) is 6.92 Å². The molecule has 1 unspecified atom stereocenters. The van der Waals surface area contributed by atoms with Gasteiger partial charge in [0.25, 0.3) is 11.5 Å². The van der Waals surface area contributed by atoms with Crippen molar-refractivity contribution < 1.29 is 14.3 Å². The summed E-state index contributed by atoms with van der Waals surface area (Å²) >= 11 is 0. The van der Waals surface area contributed by atoms with Crippen molar-refractivity contribution in [2.75, 3.05) is 6.54 Å². The lowest BCUT2D eigenvalue weighted by Gasteiger charge is -2.20. The van der Waals surface area contributed by atoms with Crippen molar-refractivity contribution in [1.82, 2.24) is 5.32 Å². The smallest absolute Gasteiger partial charge is 0.304 e. The van der Waals surface area contributed by atoms with Gasteiger partial charge in [-0.2, -0.15) is 5.26 Å². The summed E-state index contributed by atoms with van der Waals surface area (Å²) < 4.78 is 4.67. The van der Waals surface area contributed by atoms with E-state index in [2.05, 4.69) is 10.1 Å². The molecule has 5 nitrogen and oxygen atoms in total. The van der Waals surface area contributed by atoms with Crippen molar-refractivity contribution in [2.45, 2.75) is 39.2 Å². The maximum atomic E-state index is 11.5. The van der Waals surface area contributed by atoms with Crippen molar-refractivity contribution in [3.63, 3.8) is 0 Å². The molecule has 0 spiro atoms. The Morgan fingerprint density at radius 1 is 1.53 bits per heavy atom. The van der Waals surface area contributed by atoms with E-state index in [-0.39, 0.29) is 0 Å². The minimum atomic E-state index is -1.72. The number of hydrogen-bond donors (Lipinski definition) is 1. The van der Waals surface area contributed by atoms with Crippen molar-refractivity contribution in [3.8, 4) is 6.07 Å². The molecule has 0 aliphatic heterocycles. The SMILES string of the molecule is CCCCNC(=O)C(C)(C#N)OC(C)=O. The molecule has 0 saturated heterocycles. The maximum Gasteiger partial charge on any atom is 0.304 e. The summed E-state index contributed by atoms with van der Waals surface area (Å²) in [4.78, 5) is 22.2. The first-order valence-electron chi connectivity index (χ1n) is 4.85. The van der Waals surface area contributed by atoms with Gasteiger partial charge in [0, 0.05) is 13.5 Å². The molecular formula is C10H16N2O3. The second-order valence-electron chi connectivity index (χ2n) is 3.35. The summed E-state index contributed by atoms with van der Waals surface area (Å²) in [7, 11) is 0. The van der Waals surface area contributed by atoms with E-state index in [0.717, 1.165) is 19.8 Å². The predicted octanol–water partition coefficient (Wildman–Crippen LogP) is 0.748. The Bertz CT molecular complexity index is 283. The second-order valence-corrected chi connectivity index (χ2v) is 3.35. The first-order valence-corrected chi connectivity index (χ1v) is 4.85. The number of amides is 1. The van der Waals surface area contributed by atoms with Crippen LogP contribution < -0.4 is 5.32 Å². The molecule has 0 aromatic heterocycles. The number of carbonyl (C=O) groups excluding carboxylic acids is 2. The van der Waals surface area contributed by atoms with Gasteiger partial charge in [-0.3, -0.25) is 9.59 Å². The average molecular weight is 212 g/mol. The van der Waals surface area contributed by atoms with Crippen LogP contribution in [-0.4, -0.2) is 24.0 Å². The average Bonchev–Trinajstić information content (AvgIpc) is 2.16. The Morgan fingerprint density at radius 3 is 2.53 bits per heavy atom. The van der Waals surface area contributed by atoms with Gasteiger partial charge in [-0.1, -0.05) is 13.3 Å². The minimum Gasteiger partial charge on any atom is -0.434 e. The molecule has 84 valence electrons. The number of nitrogens with one attached hydrogen (secondary N) is 1. The molecular weight excluding hydrogens is 196 g/mol. The van der Waals surface area contributed by atoms with Gasteiger partial charge in [0.2, 0.25) is 0 Å². The Hall–Kier alpha value is -1.57. The van der Waals surface area contributed by atoms with Gasteiger partial charge in [0.05, 0.1) is 0 Å². The van der Waals surface area contributed by atoms with Crippen LogP contribution in [0.25, 0.3) is 0 Å². The number of unbranched alkanes of at least 4 members (excludes halogenated alkanes) is 1. The van der Waals surface area contributed by atoms with Gasteiger partial charge in [-0.25, -0.2) is 0 Å². The molecule has 1 atom stereocenters. The molecule has 1 amide bonds. The summed E-state index contributed by atoms with van der Waals surface area (Å²) in [6.07, 6.45) is 1.77. The minimum absolute atomic E-state index is 0.480. The lowest BCUT2D eigenvalue weighted by Crippen LogP contribution is -2.46. The fourth-order valence-corrected chi connectivity index (χ4v) is 0.955. The highest BCUT2D eigenvalue weighted by molar-refractivity contribution is 5.90. The molecule has 0 aliphatic rings. The lowest BCUT2D eigenvalue weighted by atomic mass is 10.1. The molecule has 0 bridgehead atoms. The molecule has 0 rings (SSSR count). The summed E-state index contributed by atoms with van der Waals surface area (Å²) in [5.41, 5.74) is -1.72. The fourth-order valence-electron chi connectivity index (χ4n) is 0.955. The fraction of sp³-hybridized carbons (Fsp3) is 0.700. The zero-order chi connectivity index (χ0) is 11.9. The van der Waals surface area contributed by atoms with Gasteiger partial charge in [-0.05, 0) is 13.3 Å². The van der Waals surface area contributed by atoms with E-state index in [1.165, 1.54) is 6.92 Å². The molecule has 0 fully saturated rings. The quantitative estimate of drug-likeness (QED) is 0.538. The number of rotatable bonds is 5. The summed E-state index contributed by atoms with van der Waals surface area (Å²) in [6.45, 7) is 4.90. The third-order valence-electron chi connectivity index (χ3n) is 1.81. The molecule has 5 heteroatoms. The molecule has 0 aliphatic carbocycles. The van der Waals surface area contributed by atoms with Crippen LogP contribution in [0.5, 0.6) is 0 Å². The van der Waals surface area contributed by atoms with E-state index in [9.17, 15) is 9.59 Å². The zero-order valence-corrected chi connectivity index (χ0v) is 9.29. The number of hydrogen-bond acceptors (Lipinski definition) is 4. The summed E-state index contributed by atoms with van der Waals surface area (Å²) in [6, 6.07) is 1.68. The topological polar surface area (TPSA) is 79.2 Å². The highest BCUT2D eigenvalue weighted by Gasteiger charge is 2.36. The normalized spacial score (nSPS) is 13.5. The Morgan fingerprint density at radius 2 is 2.13 bits per heavy atom. The van der Waals surface area contributed by atoms with E-state index in [4.69, 9.17) is 5.26 Å². The molecule has 1 N–H and O–H groups in total. The van der Waals surface area contributed by atoms with Crippen molar-refractivity contribution in [2.24, 2.45) is 0 Å². The Balaban J connectivity index is 4.33. The molecule has 0 aromatic rings. The summed E-state index contributed by atoms with van der Waals surface area (Å²) in [5, 5.41) is 11.3. The van der Waals surface area contributed by atoms with Crippen LogP contribution in [0.3, 0.4) is 0 Å². The van der Waals surface area contributed by atoms with Gasteiger partial charge in [0.1, 0.15) is 6.07 Å². The number of ether oxygens (including phenoxy) is 1. The standard InChI is InChI=1S/C10H16N2O3/c1-4-5-6-12-9(14)10(3,7-11)15-8(2)13/h4-6H2,1-3H3,(H,12,14). The van der Waals surface area contributed by atoms with Gasteiger partial charge >= 0.3 is 5.97 Å². The van der Waals surface area contributed by atoms with Crippen molar-refractivity contribution >= 4 is 11.9 Å². The van der Waals surface area contributed by atoms with Gasteiger partial charge in [0.15, 0.2) is 0 Å².